The van der Waals surface area contributed by atoms with Crippen LogP contribution < -0.4 is 10.2 Å². The molecule has 26 heavy (non-hydrogen) atoms. The molecule has 2 saturated heterocycles. The zero-order valence-corrected chi connectivity index (χ0v) is 14.2. The van der Waals surface area contributed by atoms with Gasteiger partial charge in [-0.3, -0.25) is 19.7 Å². The van der Waals surface area contributed by atoms with Gasteiger partial charge in [0.2, 0.25) is 11.8 Å². The van der Waals surface area contributed by atoms with Crippen LogP contribution in [-0.2, 0) is 14.4 Å². The van der Waals surface area contributed by atoms with Gasteiger partial charge in [0.25, 0.3) is 0 Å². The molecule has 2 aliphatic heterocycles. The molecule has 2 heterocycles. The van der Waals surface area contributed by atoms with Crippen LogP contribution in [0.5, 0.6) is 0 Å². The number of aliphatic hydroxyl groups is 1. The second-order valence-electron chi connectivity index (χ2n) is 7.00. The van der Waals surface area contributed by atoms with Gasteiger partial charge >= 0.3 is 5.97 Å². The molecule has 0 spiro atoms. The van der Waals surface area contributed by atoms with E-state index in [0.29, 0.717) is 30.8 Å². The Balaban J connectivity index is 1.70. The average Bonchev–Trinajstić information content (AvgIpc) is 2.55. The van der Waals surface area contributed by atoms with Gasteiger partial charge in [-0.15, -0.1) is 0 Å². The summed E-state index contributed by atoms with van der Waals surface area (Å²) in [5.41, 5.74) is -0.375. The molecule has 8 heteroatoms. The molecule has 2 aliphatic rings. The number of benzene rings is 1. The van der Waals surface area contributed by atoms with E-state index in [9.17, 15) is 23.9 Å². The van der Waals surface area contributed by atoms with Crippen molar-refractivity contribution < 1.29 is 29.0 Å². The fourth-order valence-electron chi connectivity index (χ4n) is 3.63. The lowest BCUT2D eigenvalue weighted by molar-refractivity contribution is -0.143. The number of amides is 2. The van der Waals surface area contributed by atoms with Gasteiger partial charge in [0.1, 0.15) is 5.82 Å². The topological polar surface area (TPSA) is 107 Å². The van der Waals surface area contributed by atoms with Crippen molar-refractivity contribution in [1.29, 1.82) is 0 Å². The van der Waals surface area contributed by atoms with Crippen molar-refractivity contribution in [1.82, 2.24) is 5.32 Å². The standard InChI is InChI=1S/C18H21FN2O5/c19-13-9-11(12-2-4-15(22)20-17(12)25)1-3-14(13)21-7-5-18(26,6-8-21)10-16(23)24/h1,3,9,12,26H,2,4-8,10H2,(H,23,24)(H,20,22,25). The fourth-order valence-corrected chi connectivity index (χ4v) is 3.63. The highest BCUT2D eigenvalue weighted by Crippen LogP contribution is 2.32. The Labute approximate surface area is 149 Å². The molecule has 140 valence electrons. The number of carbonyl (C=O) groups is 3. The number of piperidine rings is 2. The molecule has 0 aliphatic carbocycles. The summed E-state index contributed by atoms with van der Waals surface area (Å²) in [6, 6.07) is 4.58. The first-order valence-electron chi connectivity index (χ1n) is 8.60. The van der Waals surface area contributed by atoms with E-state index >= 15 is 0 Å². The molecule has 2 fully saturated rings. The Morgan fingerprint density at radius 3 is 2.58 bits per heavy atom. The summed E-state index contributed by atoms with van der Waals surface area (Å²) < 4.78 is 14.6. The largest absolute Gasteiger partial charge is 0.481 e. The van der Waals surface area contributed by atoms with Crippen molar-refractivity contribution >= 4 is 23.5 Å². The molecule has 1 unspecified atom stereocenters. The Bertz CT molecular complexity index is 743. The lowest BCUT2D eigenvalue weighted by Crippen LogP contribution is -2.45. The van der Waals surface area contributed by atoms with Crippen molar-refractivity contribution in [2.75, 3.05) is 18.0 Å². The SMILES string of the molecule is O=C(O)CC1(O)CCN(c2ccc(C3CCC(=O)NC3=O)cc2F)CC1. The number of hydrogen-bond acceptors (Lipinski definition) is 5. The third kappa shape index (κ3) is 3.85. The van der Waals surface area contributed by atoms with Crippen LogP contribution in [0.15, 0.2) is 18.2 Å². The summed E-state index contributed by atoms with van der Waals surface area (Å²) in [5, 5.41) is 21.4. The normalized spacial score (nSPS) is 22.8. The van der Waals surface area contributed by atoms with Crippen LogP contribution in [0.4, 0.5) is 10.1 Å². The number of nitrogens with zero attached hydrogens (tertiary/aromatic N) is 1. The molecule has 0 radical (unpaired) electrons. The summed E-state index contributed by atoms with van der Waals surface area (Å²) in [6.07, 6.45) is 0.752. The Morgan fingerprint density at radius 2 is 2.00 bits per heavy atom. The van der Waals surface area contributed by atoms with Crippen LogP contribution in [0.25, 0.3) is 0 Å². The summed E-state index contributed by atoms with van der Waals surface area (Å²) in [4.78, 5) is 35.7. The number of rotatable bonds is 4. The Hall–Kier alpha value is -2.48. The van der Waals surface area contributed by atoms with Crippen molar-refractivity contribution in [3.8, 4) is 0 Å². The number of carboxylic acids is 1. The Morgan fingerprint density at radius 1 is 1.31 bits per heavy atom. The minimum Gasteiger partial charge on any atom is -0.481 e. The van der Waals surface area contributed by atoms with Gasteiger partial charge in [-0.2, -0.15) is 0 Å². The molecular weight excluding hydrogens is 343 g/mol. The number of aliphatic carboxylic acids is 1. The molecule has 7 nitrogen and oxygen atoms in total. The van der Waals surface area contributed by atoms with E-state index in [1.54, 1.807) is 17.0 Å². The van der Waals surface area contributed by atoms with Gasteiger partial charge in [-0.1, -0.05) is 6.07 Å². The van der Waals surface area contributed by atoms with E-state index < -0.39 is 29.2 Å². The van der Waals surface area contributed by atoms with E-state index in [0.717, 1.165) is 0 Å². The summed E-state index contributed by atoms with van der Waals surface area (Å²) in [6.45, 7) is 0.691. The van der Waals surface area contributed by atoms with E-state index in [1.807, 2.05) is 0 Å². The predicted molar refractivity (Wildman–Crippen MR) is 90.2 cm³/mol. The molecule has 0 bridgehead atoms. The van der Waals surface area contributed by atoms with Gasteiger partial charge in [-0.05, 0) is 37.0 Å². The highest BCUT2D eigenvalue weighted by Gasteiger charge is 2.35. The lowest BCUT2D eigenvalue weighted by atomic mass is 9.87. The van der Waals surface area contributed by atoms with Crippen LogP contribution >= 0.6 is 0 Å². The maximum Gasteiger partial charge on any atom is 0.306 e. The number of carboxylic acid groups (broad SMARTS) is 1. The molecule has 0 aromatic heterocycles. The van der Waals surface area contributed by atoms with E-state index in [1.165, 1.54) is 6.07 Å². The number of anilines is 1. The second kappa shape index (κ2) is 7.03. The molecule has 3 N–H and O–H groups in total. The molecule has 1 aromatic carbocycles. The lowest BCUT2D eigenvalue weighted by Gasteiger charge is -2.38. The van der Waals surface area contributed by atoms with Crippen LogP contribution in [0.3, 0.4) is 0 Å². The van der Waals surface area contributed by atoms with Gasteiger partial charge in [-0.25, -0.2) is 4.39 Å². The van der Waals surface area contributed by atoms with Gasteiger partial charge in [0.05, 0.1) is 23.6 Å². The van der Waals surface area contributed by atoms with Crippen LogP contribution in [-0.4, -0.2) is 46.7 Å². The third-order valence-corrected chi connectivity index (χ3v) is 5.13. The predicted octanol–water partition coefficient (Wildman–Crippen LogP) is 1.15. The van der Waals surface area contributed by atoms with Crippen molar-refractivity contribution in [2.45, 2.75) is 43.6 Å². The molecule has 3 rings (SSSR count). The minimum absolute atomic E-state index is 0.230. The molecular formula is C18H21FN2O5. The summed E-state index contributed by atoms with van der Waals surface area (Å²) in [7, 11) is 0. The maximum absolute atomic E-state index is 14.6. The third-order valence-electron chi connectivity index (χ3n) is 5.13. The number of imide groups is 1. The summed E-state index contributed by atoms with van der Waals surface area (Å²) >= 11 is 0. The first-order chi connectivity index (χ1) is 12.3. The van der Waals surface area contributed by atoms with E-state index in [-0.39, 0.29) is 31.6 Å². The summed E-state index contributed by atoms with van der Waals surface area (Å²) in [5.74, 6) is -2.80. The van der Waals surface area contributed by atoms with Gasteiger partial charge in [0.15, 0.2) is 0 Å². The zero-order valence-electron chi connectivity index (χ0n) is 14.2. The van der Waals surface area contributed by atoms with Crippen molar-refractivity contribution in [2.24, 2.45) is 0 Å². The smallest absolute Gasteiger partial charge is 0.306 e. The fraction of sp³-hybridized carbons (Fsp3) is 0.500. The number of carbonyl (C=O) groups excluding carboxylic acids is 2. The zero-order chi connectivity index (χ0) is 18.9. The highest BCUT2D eigenvalue weighted by atomic mass is 19.1. The van der Waals surface area contributed by atoms with Crippen LogP contribution in [0.1, 0.15) is 43.6 Å². The second-order valence-corrected chi connectivity index (χ2v) is 7.00. The van der Waals surface area contributed by atoms with Crippen molar-refractivity contribution in [3.63, 3.8) is 0 Å². The van der Waals surface area contributed by atoms with E-state index in [2.05, 4.69) is 5.32 Å². The molecule has 2 amide bonds. The molecule has 1 aromatic rings. The minimum atomic E-state index is -1.26. The van der Waals surface area contributed by atoms with Crippen LogP contribution in [0, 0.1) is 5.82 Å². The quantitative estimate of drug-likeness (QED) is 0.692. The molecule has 0 saturated carbocycles. The number of hydrogen-bond donors (Lipinski definition) is 3. The monoisotopic (exact) mass is 364 g/mol. The van der Waals surface area contributed by atoms with Crippen molar-refractivity contribution in [3.05, 3.63) is 29.6 Å². The van der Waals surface area contributed by atoms with E-state index in [4.69, 9.17) is 5.11 Å². The van der Waals surface area contributed by atoms with Gasteiger partial charge in [0, 0.05) is 19.5 Å². The average molecular weight is 364 g/mol. The first-order valence-corrected chi connectivity index (χ1v) is 8.60. The molecule has 1 atom stereocenters. The van der Waals surface area contributed by atoms with Gasteiger partial charge < -0.3 is 15.1 Å². The Kier molecular flexibility index (Phi) is 4.95. The number of nitrogens with one attached hydrogen (secondary N) is 1. The van der Waals surface area contributed by atoms with Crippen LogP contribution in [0.2, 0.25) is 0 Å². The number of halogens is 1. The maximum atomic E-state index is 14.6. The first kappa shape index (κ1) is 18.3. The highest BCUT2D eigenvalue weighted by molar-refractivity contribution is 6.00.